The molecule has 0 unspecified atom stereocenters. The maximum Gasteiger partial charge on any atom is 0.288 e. The van der Waals surface area contributed by atoms with Gasteiger partial charge in [-0.3, -0.25) is 24.0 Å². The van der Waals surface area contributed by atoms with Crippen molar-refractivity contribution in [3.05, 3.63) is 108 Å². The molecule has 12 nitrogen and oxygen atoms in total. The number of primary amides is 1. The lowest BCUT2D eigenvalue weighted by molar-refractivity contribution is -0.148. The molecule has 4 aromatic rings. The number of nitrogens with zero attached hydrogens (tertiary/aromatic N) is 1. The molecule has 6 N–H and O–H groups in total. The summed E-state index contributed by atoms with van der Waals surface area (Å²) in [6.45, 7) is 5.93. The minimum atomic E-state index is -1.79. The molecule has 1 fully saturated rings. The van der Waals surface area contributed by atoms with Crippen LogP contribution in [0.15, 0.2) is 89.5 Å². The van der Waals surface area contributed by atoms with Gasteiger partial charge >= 0.3 is 0 Å². The van der Waals surface area contributed by atoms with Gasteiger partial charge in [0.15, 0.2) is 11.9 Å². The fourth-order valence-electron chi connectivity index (χ4n) is 6.04. The van der Waals surface area contributed by atoms with Gasteiger partial charge in [0, 0.05) is 22.1 Å². The Morgan fingerprint density at radius 3 is 2.38 bits per heavy atom. The number of carbonyl (C=O) groups excluding carboxylic acids is 5. The SMILES string of the molecule is Cc1ccccc1CNC(=O)[C@H]1N(C(=O)[C@@H](O)[C@H](Cc2ccccc2)NC(=O)[C@H](CC(N)=O)NC(=O)c2occ3ccccc23)CSC1(C)C. The Bertz CT molecular complexity index is 1880. The fraction of sp³-hybridized carbons (Fsp3) is 0.324. The number of thioether (sulfide) groups is 1. The first-order valence-corrected chi connectivity index (χ1v) is 17.2. The lowest BCUT2D eigenvalue weighted by atomic mass is 9.96. The third-order valence-corrected chi connectivity index (χ3v) is 10.2. The molecule has 1 aliphatic heterocycles. The maximum absolute atomic E-state index is 14.1. The second-order valence-corrected chi connectivity index (χ2v) is 14.4. The third kappa shape index (κ3) is 8.35. The lowest BCUT2D eigenvalue weighted by Gasteiger charge is -2.33. The topological polar surface area (TPSA) is 184 Å². The quantitative estimate of drug-likeness (QED) is 0.141. The molecule has 13 heteroatoms. The van der Waals surface area contributed by atoms with Crippen LogP contribution in [0.25, 0.3) is 10.8 Å². The molecule has 0 bridgehead atoms. The summed E-state index contributed by atoms with van der Waals surface area (Å²) in [5.74, 6) is -3.50. The largest absolute Gasteiger partial charge is 0.458 e. The van der Waals surface area contributed by atoms with Crippen LogP contribution in [-0.2, 0) is 32.1 Å². The molecule has 0 saturated carbocycles. The van der Waals surface area contributed by atoms with Crippen molar-refractivity contribution in [1.29, 1.82) is 0 Å². The van der Waals surface area contributed by atoms with E-state index in [9.17, 15) is 29.1 Å². The van der Waals surface area contributed by atoms with E-state index in [0.29, 0.717) is 16.3 Å². The van der Waals surface area contributed by atoms with Crippen LogP contribution in [0.3, 0.4) is 0 Å². The zero-order valence-corrected chi connectivity index (χ0v) is 28.9. The average molecular weight is 700 g/mol. The molecular formula is C37H41N5O7S. The number of aliphatic hydroxyl groups is 1. The summed E-state index contributed by atoms with van der Waals surface area (Å²) in [6, 6.07) is 19.9. The van der Waals surface area contributed by atoms with Gasteiger partial charge < -0.3 is 36.1 Å². The summed E-state index contributed by atoms with van der Waals surface area (Å²) in [4.78, 5) is 68.1. The van der Waals surface area contributed by atoms with E-state index in [4.69, 9.17) is 10.2 Å². The highest BCUT2D eigenvalue weighted by Gasteiger charge is 2.50. The number of carbonyl (C=O) groups is 5. The van der Waals surface area contributed by atoms with E-state index in [-0.39, 0.29) is 30.5 Å². The van der Waals surface area contributed by atoms with Gasteiger partial charge in [0.2, 0.25) is 17.7 Å². The number of nitrogens with one attached hydrogen (secondary N) is 3. The van der Waals surface area contributed by atoms with E-state index < -0.39 is 59.0 Å². The molecule has 262 valence electrons. The van der Waals surface area contributed by atoms with Gasteiger partial charge in [-0.25, -0.2) is 0 Å². The molecule has 5 rings (SSSR count). The van der Waals surface area contributed by atoms with Gasteiger partial charge in [-0.15, -0.1) is 11.8 Å². The van der Waals surface area contributed by atoms with E-state index in [1.165, 1.54) is 22.9 Å². The second kappa shape index (κ2) is 15.6. The van der Waals surface area contributed by atoms with Gasteiger partial charge in [-0.1, -0.05) is 78.9 Å². The monoisotopic (exact) mass is 699 g/mol. The predicted molar refractivity (Wildman–Crippen MR) is 190 cm³/mol. The van der Waals surface area contributed by atoms with Crippen LogP contribution in [0.2, 0.25) is 0 Å². The Balaban J connectivity index is 1.36. The first-order chi connectivity index (χ1) is 23.9. The van der Waals surface area contributed by atoms with Crippen LogP contribution in [-0.4, -0.2) is 74.4 Å². The molecule has 3 aromatic carbocycles. The summed E-state index contributed by atoms with van der Waals surface area (Å²) < 4.78 is 4.77. The minimum absolute atomic E-state index is 0.0219. The van der Waals surface area contributed by atoms with Crippen molar-refractivity contribution in [1.82, 2.24) is 20.9 Å². The summed E-state index contributed by atoms with van der Waals surface area (Å²) in [7, 11) is 0. The van der Waals surface area contributed by atoms with Crippen LogP contribution >= 0.6 is 11.8 Å². The normalized spacial score (nSPS) is 17.0. The predicted octanol–water partition coefficient (Wildman–Crippen LogP) is 2.80. The van der Waals surface area contributed by atoms with Crippen LogP contribution in [0, 0.1) is 6.92 Å². The summed E-state index contributed by atoms with van der Waals surface area (Å²) >= 11 is 1.40. The maximum atomic E-state index is 14.1. The second-order valence-electron chi connectivity index (χ2n) is 12.8. The van der Waals surface area contributed by atoms with Crippen LogP contribution in [0.4, 0.5) is 0 Å². The van der Waals surface area contributed by atoms with E-state index in [0.717, 1.165) is 11.1 Å². The summed E-state index contributed by atoms with van der Waals surface area (Å²) in [5, 5.41) is 21.0. The number of furan rings is 1. The molecule has 5 amide bonds. The number of hydrogen-bond acceptors (Lipinski definition) is 8. The Kier molecular flexibility index (Phi) is 11.3. The minimum Gasteiger partial charge on any atom is -0.458 e. The zero-order chi connectivity index (χ0) is 36.0. The molecule has 0 spiro atoms. The van der Waals surface area contributed by atoms with E-state index >= 15 is 0 Å². The van der Waals surface area contributed by atoms with Gasteiger partial charge in [0.1, 0.15) is 12.1 Å². The number of amides is 5. The molecule has 1 saturated heterocycles. The molecule has 50 heavy (non-hydrogen) atoms. The van der Waals surface area contributed by atoms with Gasteiger partial charge in [-0.05, 0) is 43.9 Å². The van der Waals surface area contributed by atoms with E-state index in [2.05, 4.69) is 16.0 Å². The number of rotatable bonds is 13. The Morgan fingerprint density at radius 2 is 1.66 bits per heavy atom. The number of fused-ring (bicyclic) bond motifs is 1. The highest BCUT2D eigenvalue weighted by Crippen LogP contribution is 2.40. The van der Waals surface area contributed by atoms with Gasteiger partial charge in [0.25, 0.3) is 11.8 Å². The number of aryl methyl sites for hydroxylation is 1. The molecule has 0 radical (unpaired) electrons. The number of hydrogen-bond donors (Lipinski definition) is 5. The third-order valence-electron chi connectivity index (χ3n) is 8.79. The average Bonchev–Trinajstić information content (AvgIpc) is 3.67. The zero-order valence-electron chi connectivity index (χ0n) is 28.1. The van der Waals surface area contributed by atoms with Crippen molar-refractivity contribution >= 4 is 52.1 Å². The van der Waals surface area contributed by atoms with Crippen LogP contribution in [0.1, 0.15) is 47.5 Å². The lowest BCUT2D eigenvalue weighted by Crippen LogP contribution is -2.60. The van der Waals surface area contributed by atoms with Crippen molar-refractivity contribution < 1.29 is 33.5 Å². The Morgan fingerprint density at radius 1 is 0.980 bits per heavy atom. The van der Waals surface area contributed by atoms with Crippen molar-refractivity contribution in [2.75, 3.05) is 5.88 Å². The molecular weight excluding hydrogens is 659 g/mol. The van der Waals surface area contributed by atoms with Crippen LogP contribution in [0.5, 0.6) is 0 Å². The number of benzene rings is 3. The Labute approximate surface area is 294 Å². The highest BCUT2D eigenvalue weighted by molar-refractivity contribution is 8.00. The fourth-order valence-corrected chi connectivity index (χ4v) is 7.18. The first-order valence-electron chi connectivity index (χ1n) is 16.2. The van der Waals surface area contributed by atoms with Gasteiger partial charge in [-0.2, -0.15) is 0 Å². The number of nitrogens with two attached hydrogens (primary N) is 1. The highest BCUT2D eigenvalue weighted by atomic mass is 32.2. The van der Waals surface area contributed by atoms with Gasteiger partial charge in [0.05, 0.1) is 24.6 Å². The molecule has 2 heterocycles. The van der Waals surface area contributed by atoms with Crippen molar-refractivity contribution in [2.24, 2.45) is 5.73 Å². The van der Waals surface area contributed by atoms with Crippen molar-refractivity contribution in [3.8, 4) is 0 Å². The molecule has 4 atom stereocenters. The standard InChI is InChI=1S/C37H41N5O7S/c1-22-11-7-8-14-24(22)19-39-35(47)32-37(2,3)50-21-42(32)36(48)30(44)27(17-23-12-5-4-6-13-23)40-33(45)28(18-29(38)43)41-34(46)31-26-16-10-9-15-25(26)20-49-31/h4-16,20,27-28,30,32,44H,17-19,21H2,1-3H3,(H2,38,43)(H,39,47)(H,40,45)(H,41,46)/t27-,28-,30-,32+/m0/s1. The Hall–Kier alpha value is -5.14. The molecule has 0 aliphatic carbocycles. The van der Waals surface area contributed by atoms with Crippen molar-refractivity contribution in [3.63, 3.8) is 0 Å². The van der Waals surface area contributed by atoms with Crippen molar-refractivity contribution in [2.45, 2.75) is 69.1 Å². The smallest absolute Gasteiger partial charge is 0.288 e. The summed E-state index contributed by atoms with van der Waals surface area (Å²) in [6.07, 6.45) is -0.925. The first kappa shape index (κ1) is 36.1. The molecule has 1 aromatic heterocycles. The van der Waals surface area contributed by atoms with E-state index in [1.807, 2.05) is 45.0 Å². The number of aliphatic hydroxyl groups excluding tert-OH is 1. The van der Waals surface area contributed by atoms with E-state index in [1.54, 1.807) is 54.6 Å². The van der Waals surface area contributed by atoms with Crippen LogP contribution < -0.4 is 21.7 Å². The molecule has 1 aliphatic rings. The summed E-state index contributed by atoms with van der Waals surface area (Å²) in [5.41, 5.74) is 8.10.